The molecule has 0 aliphatic carbocycles. The van der Waals surface area contributed by atoms with Gasteiger partial charge in [-0.25, -0.2) is 4.79 Å². The number of nitrogens with zero attached hydrogens (tertiary/aromatic N) is 1. The number of hydrogen-bond acceptors (Lipinski definition) is 4. The number of unbranched alkanes of at least 4 members (excludes halogenated alkanes) is 2. The Labute approximate surface area is 258 Å². The van der Waals surface area contributed by atoms with Crippen LogP contribution in [0.1, 0.15) is 58.8 Å². The van der Waals surface area contributed by atoms with Crippen LogP contribution in [0.5, 0.6) is 5.75 Å². The number of amides is 2. The molecule has 2 amide bonds. The largest absolute Gasteiger partial charge is 0.573 e. The number of aliphatic carboxylic acids is 1. The molecule has 0 bridgehead atoms. The molecule has 0 spiro atoms. The van der Waals surface area contributed by atoms with Crippen molar-refractivity contribution in [1.29, 1.82) is 0 Å². The first-order chi connectivity index (χ1) is 19.9. The van der Waals surface area contributed by atoms with E-state index < -0.39 is 24.0 Å². The van der Waals surface area contributed by atoms with Gasteiger partial charge in [-0.2, -0.15) is 0 Å². The highest BCUT2D eigenvalue weighted by Gasteiger charge is 2.31. The second-order valence-electron chi connectivity index (χ2n) is 9.54. The molecule has 0 saturated carbocycles. The molecule has 2 N–H and O–H groups in total. The van der Waals surface area contributed by atoms with Gasteiger partial charge in [-0.05, 0) is 59.4 Å². The minimum atomic E-state index is -4.91. The molecule has 0 radical (unpaired) electrons. The smallest absolute Gasteiger partial charge is 0.474 e. The Morgan fingerprint density at radius 1 is 0.905 bits per heavy atom. The van der Waals surface area contributed by atoms with Gasteiger partial charge in [-0.15, -0.1) is 13.2 Å². The molecule has 42 heavy (non-hydrogen) atoms. The fourth-order valence-electron chi connectivity index (χ4n) is 4.16. The summed E-state index contributed by atoms with van der Waals surface area (Å²) in [4.78, 5) is 37.8. The predicted octanol–water partition coefficient (Wildman–Crippen LogP) is 7.39. The van der Waals surface area contributed by atoms with E-state index in [1.807, 2.05) is 12.1 Å². The van der Waals surface area contributed by atoms with Gasteiger partial charge in [0.05, 0.1) is 0 Å². The van der Waals surface area contributed by atoms with Gasteiger partial charge >= 0.3 is 18.2 Å². The number of halogens is 5. The fourth-order valence-corrected chi connectivity index (χ4v) is 5.60. The number of nitrogens with one attached hydrogen (secondary N) is 1. The highest BCUT2D eigenvalue weighted by Crippen LogP contribution is 2.30. The highest BCUT2D eigenvalue weighted by atomic mass is 79.9. The van der Waals surface area contributed by atoms with Crippen molar-refractivity contribution in [2.45, 2.75) is 58.6 Å². The van der Waals surface area contributed by atoms with Crippen LogP contribution in [0.4, 0.5) is 13.2 Å². The third-order valence-electron chi connectivity index (χ3n) is 6.27. The standard InChI is InChI=1S/C30H29Br2F3N2O5/c1-2-3-4-6-19-9-11-20(12-10-19)16-36-27(38)22-14-25(31)24(26(32)15-22)18-37(28(39)29(40)41)17-21-7-5-8-23(13-21)42-30(33,34)35/h5,7-15H,2-4,6,16-18H2,1H3,(H,36,38)(H,40,41). The van der Waals surface area contributed by atoms with Crippen LogP contribution < -0.4 is 10.1 Å². The van der Waals surface area contributed by atoms with Crippen molar-refractivity contribution < 1.29 is 37.4 Å². The van der Waals surface area contributed by atoms with E-state index in [-0.39, 0.29) is 24.6 Å². The van der Waals surface area contributed by atoms with Crippen molar-refractivity contribution in [3.05, 3.63) is 97.4 Å². The molecule has 0 aromatic heterocycles. The molecule has 0 heterocycles. The first-order valence-corrected chi connectivity index (χ1v) is 14.7. The molecule has 0 unspecified atom stereocenters. The van der Waals surface area contributed by atoms with Crippen LogP contribution in [0, 0.1) is 0 Å². The lowest BCUT2D eigenvalue weighted by Crippen LogP contribution is -2.35. The van der Waals surface area contributed by atoms with Gasteiger partial charge < -0.3 is 20.1 Å². The molecular weight excluding hydrogens is 685 g/mol. The normalized spacial score (nSPS) is 11.2. The Hall–Kier alpha value is -3.38. The highest BCUT2D eigenvalue weighted by molar-refractivity contribution is 9.11. The van der Waals surface area contributed by atoms with E-state index in [1.165, 1.54) is 24.1 Å². The molecule has 0 fully saturated rings. The summed E-state index contributed by atoms with van der Waals surface area (Å²) in [6.07, 6.45) is -0.404. The SMILES string of the molecule is CCCCCc1ccc(CNC(=O)c2cc(Br)c(CN(Cc3cccc(OC(F)(F)F)c3)C(=O)C(=O)O)c(Br)c2)cc1. The summed E-state index contributed by atoms with van der Waals surface area (Å²) < 4.78 is 42.7. The molecule has 0 aliphatic heterocycles. The molecule has 3 rings (SSSR count). The first-order valence-electron chi connectivity index (χ1n) is 13.1. The monoisotopic (exact) mass is 712 g/mol. The van der Waals surface area contributed by atoms with Gasteiger partial charge in [-0.1, -0.05) is 88.0 Å². The van der Waals surface area contributed by atoms with E-state index in [0.29, 0.717) is 26.6 Å². The average molecular weight is 714 g/mol. The Kier molecular flexibility index (Phi) is 12.0. The van der Waals surface area contributed by atoms with Crippen LogP contribution in [-0.4, -0.2) is 34.2 Å². The molecule has 3 aromatic rings. The van der Waals surface area contributed by atoms with Crippen molar-refractivity contribution in [1.82, 2.24) is 10.2 Å². The number of hydrogen-bond donors (Lipinski definition) is 2. The summed E-state index contributed by atoms with van der Waals surface area (Å²) in [7, 11) is 0. The number of carbonyl (C=O) groups excluding carboxylic acids is 2. The zero-order valence-electron chi connectivity index (χ0n) is 22.6. The summed E-state index contributed by atoms with van der Waals surface area (Å²) in [5.41, 5.74) is 3.21. The van der Waals surface area contributed by atoms with E-state index in [0.717, 1.165) is 41.9 Å². The summed E-state index contributed by atoms with van der Waals surface area (Å²) in [6, 6.07) is 16.1. The summed E-state index contributed by atoms with van der Waals surface area (Å²) in [5, 5.41) is 12.2. The van der Waals surface area contributed by atoms with Crippen LogP contribution in [-0.2, 0) is 35.6 Å². The van der Waals surface area contributed by atoms with E-state index in [9.17, 15) is 32.7 Å². The topological polar surface area (TPSA) is 95.9 Å². The van der Waals surface area contributed by atoms with Gasteiger partial charge in [0.25, 0.3) is 5.91 Å². The first kappa shape index (κ1) is 33.1. The number of carboxylic acids is 1. The number of benzene rings is 3. The third kappa shape index (κ3) is 10.2. The van der Waals surface area contributed by atoms with Crippen LogP contribution in [0.2, 0.25) is 0 Å². The molecule has 0 saturated heterocycles. The molecule has 12 heteroatoms. The van der Waals surface area contributed by atoms with Crippen molar-refractivity contribution in [2.75, 3.05) is 0 Å². The number of alkyl halides is 3. The maximum atomic E-state index is 12.9. The Morgan fingerprint density at radius 3 is 2.14 bits per heavy atom. The molecule has 0 atom stereocenters. The van der Waals surface area contributed by atoms with Gasteiger partial charge in [0.2, 0.25) is 0 Å². The molecule has 7 nitrogen and oxygen atoms in total. The number of rotatable bonds is 12. The number of carbonyl (C=O) groups is 3. The minimum Gasteiger partial charge on any atom is -0.474 e. The van der Waals surface area contributed by atoms with Gasteiger partial charge in [-0.3, -0.25) is 9.59 Å². The summed E-state index contributed by atoms with van der Waals surface area (Å²) >= 11 is 6.80. The van der Waals surface area contributed by atoms with Gasteiger partial charge in [0.1, 0.15) is 5.75 Å². The van der Waals surface area contributed by atoms with E-state index in [4.69, 9.17) is 0 Å². The number of aryl methyl sites for hydroxylation is 1. The zero-order valence-corrected chi connectivity index (χ0v) is 25.8. The van der Waals surface area contributed by atoms with Crippen molar-refractivity contribution in [2.24, 2.45) is 0 Å². The maximum absolute atomic E-state index is 12.9. The fraction of sp³-hybridized carbons (Fsp3) is 0.300. The van der Waals surface area contributed by atoms with Gasteiger partial charge in [0.15, 0.2) is 0 Å². The van der Waals surface area contributed by atoms with E-state index in [1.54, 1.807) is 12.1 Å². The predicted molar refractivity (Wildman–Crippen MR) is 158 cm³/mol. The van der Waals surface area contributed by atoms with Gasteiger partial charge in [0, 0.05) is 34.1 Å². The maximum Gasteiger partial charge on any atom is 0.573 e. The minimum absolute atomic E-state index is 0.219. The van der Waals surface area contributed by atoms with E-state index in [2.05, 4.69) is 61.0 Å². The van der Waals surface area contributed by atoms with Crippen LogP contribution in [0.3, 0.4) is 0 Å². The van der Waals surface area contributed by atoms with Crippen LogP contribution in [0.15, 0.2) is 69.6 Å². The van der Waals surface area contributed by atoms with Crippen molar-refractivity contribution in [3.8, 4) is 5.75 Å². The van der Waals surface area contributed by atoms with Crippen molar-refractivity contribution in [3.63, 3.8) is 0 Å². The number of ether oxygens (including phenoxy) is 1. The lowest BCUT2D eigenvalue weighted by atomic mass is 10.1. The molecule has 0 aliphatic rings. The summed E-state index contributed by atoms with van der Waals surface area (Å²) in [5.74, 6) is -3.82. The lowest BCUT2D eigenvalue weighted by Gasteiger charge is -2.23. The second kappa shape index (κ2) is 15.2. The Balaban J connectivity index is 1.71. The Bertz CT molecular complexity index is 1390. The van der Waals surface area contributed by atoms with Crippen molar-refractivity contribution >= 4 is 49.6 Å². The zero-order chi connectivity index (χ0) is 30.9. The quantitative estimate of drug-likeness (QED) is 0.151. The van der Waals surface area contributed by atoms with E-state index >= 15 is 0 Å². The third-order valence-corrected chi connectivity index (χ3v) is 7.69. The second-order valence-corrected chi connectivity index (χ2v) is 11.2. The van der Waals surface area contributed by atoms with Crippen LogP contribution >= 0.6 is 31.9 Å². The molecule has 3 aromatic carbocycles. The average Bonchev–Trinajstić information content (AvgIpc) is 2.92. The number of carboxylic acid groups (broad SMARTS) is 1. The summed E-state index contributed by atoms with van der Waals surface area (Å²) in [6.45, 7) is 1.96. The molecule has 224 valence electrons. The van der Waals surface area contributed by atoms with Crippen LogP contribution in [0.25, 0.3) is 0 Å². The molecular formula is C30H29Br2F3N2O5. The Morgan fingerprint density at radius 2 is 1.55 bits per heavy atom. The lowest BCUT2D eigenvalue weighted by molar-refractivity contribution is -0.274.